The van der Waals surface area contributed by atoms with Crippen LogP contribution < -0.4 is 5.32 Å². The summed E-state index contributed by atoms with van der Waals surface area (Å²) in [6, 6.07) is 0.645. The quantitative estimate of drug-likeness (QED) is 0.525. The summed E-state index contributed by atoms with van der Waals surface area (Å²) < 4.78 is 5.49. The van der Waals surface area contributed by atoms with E-state index in [4.69, 9.17) is 16.3 Å². The van der Waals surface area contributed by atoms with E-state index in [1.54, 1.807) is 0 Å². The summed E-state index contributed by atoms with van der Waals surface area (Å²) in [5, 5.41) is 3.84. The smallest absolute Gasteiger partial charge is 0.0591 e. The molecular weight excluding hydrogens is 198 g/mol. The van der Waals surface area contributed by atoms with Gasteiger partial charge in [0, 0.05) is 24.6 Å². The van der Waals surface area contributed by atoms with E-state index in [1.807, 2.05) is 0 Å². The van der Waals surface area contributed by atoms with Gasteiger partial charge in [0.1, 0.15) is 0 Å². The standard InChI is InChI=1S/C11H22ClNO/c1-9(2)3-5-14-6-4-13-11-7-10(12)8-11/h9-11,13H,3-8H2,1-2H3. The fraction of sp³-hybridized carbons (Fsp3) is 1.00. The van der Waals surface area contributed by atoms with Gasteiger partial charge in [0.15, 0.2) is 0 Å². The van der Waals surface area contributed by atoms with Crippen LogP contribution in [0.1, 0.15) is 33.1 Å². The summed E-state index contributed by atoms with van der Waals surface area (Å²) in [7, 11) is 0. The highest BCUT2D eigenvalue weighted by molar-refractivity contribution is 6.21. The van der Waals surface area contributed by atoms with Crippen LogP contribution in [-0.2, 0) is 4.74 Å². The van der Waals surface area contributed by atoms with Gasteiger partial charge in [-0.2, -0.15) is 0 Å². The van der Waals surface area contributed by atoms with Crippen molar-refractivity contribution >= 4 is 11.6 Å². The fourth-order valence-corrected chi connectivity index (χ4v) is 1.90. The Balaban J connectivity index is 1.76. The third kappa shape index (κ3) is 5.18. The van der Waals surface area contributed by atoms with Crippen molar-refractivity contribution < 1.29 is 4.74 Å². The molecule has 0 spiro atoms. The minimum absolute atomic E-state index is 0.411. The zero-order chi connectivity index (χ0) is 10.4. The highest BCUT2D eigenvalue weighted by Gasteiger charge is 2.25. The topological polar surface area (TPSA) is 21.3 Å². The van der Waals surface area contributed by atoms with Gasteiger partial charge in [-0.3, -0.25) is 0 Å². The Hall–Kier alpha value is 0.210. The summed E-state index contributed by atoms with van der Waals surface area (Å²) in [6.45, 7) is 7.12. The molecule has 0 aliphatic heterocycles. The van der Waals surface area contributed by atoms with Gasteiger partial charge in [0.2, 0.25) is 0 Å². The van der Waals surface area contributed by atoms with Gasteiger partial charge in [-0.25, -0.2) is 0 Å². The first-order chi connectivity index (χ1) is 6.68. The van der Waals surface area contributed by atoms with Gasteiger partial charge in [0.05, 0.1) is 6.61 Å². The van der Waals surface area contributed by atoms with E-state index in [1.165, 1.54) is 0 Å². The Morgan fingerprint density at radius 2 is 2.07 bits per heavy atom. The van der Waals surface area contributed by atoms with E-state index in [9.17, 15) is 0 Å². The average molecular weight is 220 g/mol. The molecule has 0 aromatic carbocycles. The Morgan fingerprint density at radius 3 is 2.64 bits per heavy atom. The average Bonchev–Trinajstić information content (AvgIpc) is 2.07. The molecule has 0 aromatic rings. The number of halogens is 1. The van der Waals surface area contributed by atoms with E-state index >= 15 is 0 Å². The van der Waals surface area contributed by atoms with Crippen molar-refractivity contribution in [1.82, 2.24) is 5.32 Å². The molecule has 0 aromatic heterocycles. The van der Waals surface area contributed by atoms with Crippen LogP contribution in [0.3, 0.4) is 0 Å². The second kappa shape index (κ2) is 6.65. The summed E-state index contributed by atoms with van der Waals surface area (Å²) in [5.41, 5.74) is 0. The molecule has 14 heavy (non-hydrogen) atoms. The first-order valence-corrected chi connectivity index (χ1v) is 6.07. The SMILES string of the molecule is CC(C)CCOCCNC1CC(Cl)C1. The molecule has 2 nitrogen and oxygen atoms in total. The van der Waals surface area contributed by atoms with Gasteiger partial charge in [-0.1, -0.05) is 13.8 Å². The summed E-state index contributed by atoms with van der Waals surface area (Å²) >= 11 is 5.87. The van der Waals surface area contributed by atoms with Crippen LogP contribution in [0.5, 0.6) is 0 Å². The molecule has 1 aliphatic rings. The Kier molecular flexibility index (Phi) is 5.83. The van der Waals surface area contributed by atoms with E-state index in [0.717, 1.165) is 44.9 Å². The van der Waals surface area contributed by atoms with Crippen LogP contribution >= 0.6 is 11.6 Å². The zero-order valence-electron chi connectivity index (χ0n) is 9.26. The lowest BCUT2D eigenvalue weighted by Crippen LogP contribution is -2.43. The predicted octanol–water partition coefficient (Wildman–Crippen LogP) is 2.41. The molecule has 3 heteroatoms. The normalized spacial score (nSPS) is 26.6. The number of hydrogen-bond acceptors (Lipinski definition) is 2. The first kappa shape index (κ1) is 12.3. The van der Waals surface area contributed by atoms with Gasteiger partial charge in [-0.05, 0) is 25.2 Å². The molecule has 1 N–H and O–H groups in total. The van der Waals surface area contributed by atoms with Crippen molar-refractivity contribution in [2.24, 2.45) is 5.92 Å². The van der Waals surface area contributed by atoms with Crippen molar-refractivity contribution in [1.29, 1.82) is 0 Å². The number of nitrogens with one attached hydrogen (secondary N) is 1. The maximum atomic E-state index is 5.87. The Labute approximate surface area is 92.3 Å². The van der Waals surface area contributed by atoms with Crippen LogP contribution in [0.4, 0.5) is 0 Å². The van der Waals surface area contributed by atoms with E-state index in [0.29, 0.717) is 11.4 Å². The molecule has 0 atom stereocenters. The maximum Gasteiger partial charge on any atom is 0.0591 e. The summed E-state index contributed by atoms with van der Waals surface area (Å²) in [6.07, 6.45) is 3.40. The predicted molar refractivity (Wildman–Crippen MR) is 60.9 cm³/mol. The van der Waals surface area contributed by atoms with Crippen molar-refractivity contribution in [3.8, 4) is 0 Å². The molecule has 0 saturated heterocycles. The van der Waals surface area contributed by atoms with Crippen molar-refractivity contribution in [3.05, 3.63) is 0 Å². The summed E-state index contributed by atoms with van der Waals surface area (Å²) in [5.74, 6) is 0.742. The van der Waals surface area contributed by atoms with Crippen LogP contribution in [0.2, 0.25) is 0 Å². The van der Waals surface area contributed by atoms with Gasteiger partial charge < -0.3 is 10.1 Å². The van der Waals surface area contributed by atoms with Crippen LogP contribution in [-0.4, -0.2) is 31.2 Å². The minimum atomic E-state index is 0.411. The van der Waals surface area contributed by atoms with E-state index in [-0.39, 0.29) is 0 Å². The van der Waals surface area contributed by atoms with Gasteiger partial charge >= 0.3 is 0 Å². The molecule has 1 aliphatic carbocycles. The molecule has 1 fully saturated rings. The third-order valence-corrected chi connectivity index (χ3v) is 2.96. The number of hydrogen-bond donors (Lipinski definition) is 1. The van der Waals surface area contributed by atoms with Crippen LogP contribution in [0, 0.1) is 5.92 Å². The van der Waals surface area contributed by atoms with E-state index in [2.05, 4.69) is 19.2 Å². The van der Waals surface area contributed by atoms with Crippen LogP contribution in [0.15, 0.2) is 0 Å². The van der Waals surface area contributed by atoms with Crippen molar-refractivity contribution in [3.63, 3.8) is 0 Å². The largest absolute Gasteiger partial charge is 0.380 e. The van der Waals surface area contributed by atoms with Crippen molar-refractivity contribution in [2.45, 2.75) is 44.5 Å². The first-order valence-electron chi connectivity index (χ1n) is 5.63. The third-order valence-electron chi connectivity index (χ3n) is 2.60. The molecule has 0 bridgehead atoms. The number of rotatable bonds is 7. The maximum absolute atomic E-state index is 5.87. The molecule has 1 saturated carbocycles. The van der Waals surface area contributed by atoms with Crippen molar-refractivity contribution in [2.75, 3.05) is 19.8 Å². The number of ether oxygens (including phenoxy) is 1. The molecular formula is C11H22ClNO. The molecule has 0 amide bonds. The Bertz CT molecular complexity index is 146. The molecule has 0 radical (unpaired) electrons. The second-order valence-corrected chi connectivity index (χ2v) is 5.13. The Morgan fingerprint density at radius 1 is 1.36 bits per heavy atom. The number of alkyl halides is 1. The van der Waals surface area contributed by atoms with Crippen LogP contribution in [0.25, 0.3) is 0 Å². The second-order valence-electron chi connectivity index (χ2n) is 4.51. The fourth-order valence-electron chi connectivity index (χ4n) is 1.47. The molecule has 1 rings (SSSR count). The molecule has 0 unspecified atom stereocenters. The zero-order valence-corrected chi connectivity index (χ0v) is 10.0. The highest BCUT2D eigenvalue weighted by Crippen LogP contribution is 2.24. The van der Waals surface area contributed by atoms with Gasteiger partial charge in [-0.15, -0.1) is 11.6 Å². The lowest BCUT2D eigenvalue weighted by molar-refractivity contribution is 0.120. The lowest BCUT2D eigenvalue weighted by Gasteiger charge is -2.31. The summed E-state index contributed by atoms with van der Waals surface area (Å²) in [4.78, 5) is 0. The minimum Gasteiger partial charge on any atom is -0.380 e. The highest BCUT2D eigenvalue weighted by atomic mass is 35.5. The van der Waals surface area contributed by atoms with Gasteiger partial charge in [0.25, 0.3) is 0 Å². The monoisotopic (exact) mass is 219 g/mol. The molecule has 0 heterocycles. The molecule has 84 valence electrons. The lowest BCUT2D eigenvalue weighted by atomic mass is 9.92. The van der Waals surface area contributed by atoms with E-state index < -0.39 is 0 Å².